The molecule has 2 amide bonds. The van der Waals surface area contributed by atoms with Crippen LogP contribution in [0.2, 0.25) is 0 Å². The summed E-state index contributed by atoms with van der Waals surface area (Å²) in [5, 5.41) is 2.92. The number of halogens is 1. The SMILES string of the molecule is O=C1NCCCCC1N(Cc1cccc(Br)c1)C(=O)COc1ccccc1. The molecule has 27 heavy (non-hydrogen) atoms. The predicted molar refractivity (Wildman–Crippen MR) is 107 cm³/mol. The van der Waals surface area contributed by atoms with Gasteiger partial charge < -0.3 is 15.0 Å². The van der Waals surface area contributed by atoms with Crippen LogP contribution in [-0.2, 0) is 16.1 Å². The van der Waals surface area contributed by atoms with Crippen molar-refractivity contribution in [3.8, 4) is 5.75 Å². The van der Waals surface area contributed by atoms with Crippen molar-refractivity contribution in [1.29, 1.82) is 0 Å². The fourth-order valence-corrected chi connectivity index (χ4v) is 3.62. The molecule has 1 aliphatic heterocycles. The van der Waals surface area contributed by atoms with E-state index in [9.17, 15) is 9.59 Å². The largest absolute Gasteiger partial charge is 0.484 e. The van der Waals surface area contributed by atoms with Gasteiger partial charge in [0.1, 0.15) is 11.8 Å². The zero-order valence-corrected chi connectivity index (χ0v) is 16.7. The molecule has 6 heteroatoms. The number of amides is 2. The van der Waals surface area contributed by atoms with Crippen LogP contribution >= 0.6 is 15.9 Å². The van der Waals surface area contributed by atoms with Gasteiger partial charge in [0.25, 0.3) is 5.91 Å². The Morgan fingerprint density at radius 3 is 2.74 bits per heavy atom. The smallest absolute Gasteiger partial charge is 0.261 e. The average molecular weight is 431 g/mol. The number of nitrogens with zero attached hydrogens (tertiary/aromatic N) is 1. The van der Waals surface area contributed by atoms with Crippen molar-refractivity contribution < 1.29 is 14.3 Å². The number of nitrogens with one attached hydrogen (secondary N) is 1. The van der Waals surface area contributed by atoms with Gasteiger partial charge in [0, 0.05) is 17.6 Å². The monoisotopic (exact) mass is 430 g/mol. The van der Waals surface area contributed by atoms with Crippen LogP contribution < -0.4 is 10.1 Å². The summed E-state index contributed by atoms with van der Waals surface area (Å²) in [5.41, 5.74) is 0.967. The fourth-order valence-electron chi connectivity index (χ4n) is 3.17. The van der Waals surface area contributed by atoms with Crippen molar-refractivity contribution >= 4 is 27.7 Å². The third kappa shape index (κ3) is 5.57. The van der Waals surface area contributed by atoms with E-state index in [4.69, 9.17) is 4.74 Å². The van der Waals surface area contributed by atoms with E-state index in [1.807, 2.05) is 54.6 Å². The Labute approximate surface area is 167 Å². The van der Waals surface area contributed by atoms with E-state index in [0.717, 1.165) is 22.9 Å². The Bertz CT molecular complexity index is 782. The van der Waals surface area contributed by atoms with Crippen LogP contribution in [0.5, 0.6) is 5.75 Å². The molecule has 1 N–H and O–H groups in total. The molecule has 0 saturated carbocycles. The van der Waals surface area contributed by atoms with Gasteiger partial charge in [-0.2, -0.15) is 0 Å². The van der Waals surface area contributed by atoms with Gasteiger partial charge in [-0.3, -0.25) is 9.59 Å². The molecule has 142 valence electrons. The summed E-state index contributed by atoms with van der Waals surface area (Å²) in [5.74, 6) is 0.356. The molecule has 1 atom stereocenters. The molecule has 0 spiro atoms. The maximum absolute atomic E-state index is 13.0. The second-order valence-electron chi connectivity index (χ2n) is 6.56. The quantitative estimate of drug-likeness (QED) is 0.762. The highest BCUT2D eigenvalue weighted by Crippen LogP contribution is 2.19. The van der Waals surface area contributed by atoms with Crippen LogP contribution in [0.1, 0.15) is 24.8 Å². The van der Waals surface area contributed by atoms with Crippen LogP contribution in [0.4, 0.5) is 0 Å². The number of hydrogen-bond acceptors (Lipinski definition) is 3. The van der Waals surface area contributed by atoms with Gasteiger partial charge in [-0.15, -0.1) is 0 Å². The van der Waals surface area contributed by atoms with Crippen LogP contribution in [0.3, 0.4) is 0 Å². The van der Waals surface area contributed by atoms with Gasteiger partial charge in [-0.05, 0) is 49.1 Å². The highest BCUT2D eigenvalue weighted by molar-refractivity contribution is 9.10. The summed E-state index contributed by atoms with van der Waals surface area (Å²) in [7, 11) is 0. The van der Waals surface area contributed by atoms with E-state index in [-0.39, 0.29) is 18.4 Å². The Hall–Kier alpha value is -2.34. The summed E-state index contributed by atoms with van der Waals surface area (Å²) >= 11 is 3.46. The van der Waals surface area contributed by atoms with E-state index in [2.05, 4.69) is 21.2 Å². The molecule has 5 nitrogen and oxygen atoms in total. The summed E-state index contributed by atoms with van der Waals surface area (Å²) in [6, 6.07) is 16.5. The molecule has 1 saturated heterocycles. The molecule has 1 aliphatic rings. The first kappa shape index (κ1) is 19.4. The summed E-state index contributed by atoms with van der Waals surface area (Å²) < 4.78 is 6.58. The number of benzene rings is 2. The second-order valence-corrected chi connectivity index (χ2v) is 7.47. The summed E-state index contributed by atoms with van der Waals surface area (Å²) in [6.45, 7) is 0.936. The van der Waals surface area contributed by atoms with Crippen molar-refractivity contribution in [2.24, 2.45) is 0 Å². The highest BCUT2D eigenvalue weighted by atomic mass is 79.9. The lowest BCUT2D eigenvalue weighted by Gasteiger charge is -2.30. The van der Waals surface area contributed by atoms with Crippen LogP contribution in [0.25, 0.3) is 0 Å². The van der Waals surface area contributed by atoms with Gasteiger partial charge in [0.15, 0.2) is 6.61 Å². The van der Waals surface area contributed by atoms with Crippen molar-refractivity contribution in [3.63, 3.8) is 0 Å². The number of hydrogen-bond donors (Lipinski definition) is 1. The lowest BCUT2D eigenvalue weighted by atomic mass is 10.1. The Morgan fingerprint density at radius 1 is 1.15 bits per heavy atom. The lowest BCUT2D eigenvalue weighted by Crippen LogP contribution is -2.49. The molecule has 2 aromatic rings. The van der Waals surface area contributed by atoms with E-state index >= 15 is 0 Å². The van der Waals surface area contributed by atoms with Crippen molar-refractivity contribution in [2.75, 3.05) is 13.2 Å². The molecule has 1 heterocycles. The van der Waals surface area contributed by atoms with Gasteiger partial charge in [0.05, 0.1) is 0 Å². The van der Waals surface area contributed by atoms with Gasteiger partial charge in [0.2, 0.25) is 5.91 Å². The Morgan fingerprint density at radius 2 is 1.96 bits per heavy atom. The minimum absolute atomic E-state index is 0.0874. The normalized spacial score (nSPS) is 16.9. The molecular weight excluding hydrogens is 408 g/mol. The first-order chi connectivity index (χ1) is 13.1. The third-order valence-corrected chi connectivity index (χ3v) is 5.04. The zero-order chi connectivity index (χ0) is 19.1. The molecule has 0 radical (unpaired) electrons. The molecule has 1 fully saturated rings. The van der Waals surface area contributed by atoms with Crippen molar-refractivity contribution in [3.05, 3.63) is 64.6 Å². The lowest BCUT2D eigenvalue weighted by molar-refractivity contribution is -0.142. The molecule has 0 aromatic heterocycles. The minimum Gasteiger partial charge on any atom is -0.484 e. The van der Waals surface area contributed by atoms with Crippen LogP contribution in [0, 0.1) is 0 Å². The van der Waals surface area contributed by atoms with E-state index in [0.29, 0.717) is 25.3 Å². The van der Waals surface area contributed by atoms with E-state index in [1.165, 1.54) is 0 Å². The first-order valence-electron chi connectivity index (χ1n) is 9.13. The molecule has 3 rings (SSSR count). The van der Waals surface area contributed by atoms with E-state index < -0.39 is 6.04 Å². The van der Waals surface area contributed by atoms with Crippen molar-refractivity contribution in [2.45, 2.75) is 31.8 Å². The molecule has 1 unspecified atom stereocenters. The predicted octanol–water partition coefficient (Wildman–Crippen LogP) is 3.53. The summed E-state index contributed by atoms with van der Waals surface area (Å²) in [4.78, 5) is 27.2. The van der Waals surface area contributed by atoms with E-state index in [1.54, 1.807) is 4.90 Å². The van der Waals surface area contributed by atoms with Gasteiger partial charge >= 0.3 is 0 Å². The number of ether oxygens (including phenoxy) is 1. The first-order valence-corrected chi connectivity index (χ1v) is 9.92. The molecular formula is C21H23BrN2O3. The summed E-state index contributed by atoms with van der Waals surface area (Å²) in [6.07, 6.45) is 2.50. The van der Waals surface area contributed by atoms with Crippen molar-refractivity contribution in [1.82, 2.24) is 10.2 Å². The highest BCUT2D eigenvalue weighted by Gasteiger charge is 2.31. The number of para-hydroxylation sites is 1. The maximum atomic E-state index is 13.0. The zero-order valence-electron chi connectivity index (χ0n) is 15.1. The fraction of sp³-hybridized carbons (Fsp3) is 0.333. The standard InChI is InChI=1S/C21H23BrN2O3/c22-17-8-6-7-16(13-17)14-24(19-11-4-5-12-23-21(19)26)20(25)15-27-18-9-2-1-3-10-18/h1-3,6-10,13,19H,4-5,11-12,14-15H2,(H,23,26). The molecule has 2 aromatic carbocycles. The molecule has 0 bridgehead atoms. The third-order valence-electron chi connectivity index (χ3n) is 4.55. The number of carbonyl (C=O) groups excluding carboxylic acids is 2. The Balaban J connectivity index is 1.77. The number of rotatable bonds is 6. The van der Waals surface area contributed by atoms with Crippen LogP contribution in [0.15, 0.2) is 59.1 Å². The van der Waals surface area contributed by atoms with Gasteiger partial charge in [-0.1, -0.05) is 46.3 Å². The Kier molecular flexibility index (Phi) is 6.87. The maximum Gasteiger partial charge on any atom is 0.261 e. The van der Waals surface area contributed by atoms with Crippen LogP contribution in [-0.4, -0.2) is 35.9 Å². The number of carbonyl (C=O) groups is 2. The second kappa shape index (κ2) is 9.55. The average Bonchev–Trinajstić information content (AvgIpc) is 2.89. The van der Waals surface area contributed by atoms with Gasteiger partial charge in [-0.25, -0.2) is 0 Å². The minimum atomic E-state index is -0.474. The topological polar surface area (TPSA) is 58.6 Å². The molecule has 0 aliphatic carbocycles.